The number of rotatable bonds is 5. The van der Waals surface area contributed by atoms with Gasteiger partial charge >= 0.3 is 0 Å². The van der Waals surface area contributed by atoms with Crippen molar-refractivity contribution in [3.05, 3.63) is 29.8 Å². The number of sulfonamides is 1. The molecule has 1 fully saturated rings. The number of hydrogen-bond donors (Lipinski definition) is 0. The van der Waals surface area contributed by atoms with Gasteiger partial charge in [-0.15, -0.1) is 0 Å². The van der Waals surface area contributed by atoms with Crippen molar-refractivity contribution in [3.63, 3.8) is 0 Å². The molecule has 0 aromatic heterocycles. The molecule has 130 valence electrons. The van der Waals surface area contributed by atoms with Gasteiger partial charge in [-0.25, -0.2) is 8.42 Å². The van der Waals surface area contributed by atoms with Crippen LogP contribution in [0, 0.1) is 11.3 Å². The molecule has 1 aliphatic rings. The topological polar surface area (TPSA) is 84.7 Å². The zero-order chi connectivity index (χ0) is 17.7. The fraction of sp³-hybridized carbons (Fsp3) is 0.500. The second-order valence-electron chi connectivity index (χ2n) is 5.90. The molecule has 0 N–H and O–H groups in total. The molecule has 8 heteroatoms. The average molecular weight is 350 g/mol. The number of benzene rings is 1. The first-order chi connectivity index (χ1) is 11.3. The fourth-order valence-corrected chi connectivity index (χ4v) is 3.60. The lowest BCUT2D eigenvalue weighted by molar-refractivity contribution is -0.132. The molecule has 1 saturated heterocycles. The van der Waals surface area contributed by atoms with Gasteiger partial charge in [0.2, 0.25) is 15.9 Å². The van der Waals surface area contributed by atoms with Gasteiger partial charge in [-0.1, -0.05) is 12.1 Å². The predicted octanol–water partition coefficient (Wildman–Crippen LogP) is 0.488. The molecule has 0 spiro atoms. The van der Waals surface area contributed by atoms with E-state index in [-0.39, 0.29) is 24.4 Å². The van der Waals surface area contributed by atoms with Crippen LogP contribution < -0.4 is 4.31 Å². The summed E-state index contributed by atoms with van der Waals surface area (Å²) >= 11 is 0. The standard InChI is InChI=1S/C16H22N4O3S/c1-18-9-11-19(12-10-18)16(21)7-8-20(24(2,22)23)15-6-4-3-5-14(15)13-17/h3-6H,7-12H2,1-2H3. The summed E-state index contributed by atoms with van der Waals surface area (Å²) in [5, 5.41) is 9.19. The molecule has 7 nitrogen and oxygen atoms in total. The van der Waals surface area contributed by atoms with Gasteiger partial charge in [0.15, 0.2) is 0 Å². The molecule has 1 heterocycles. The first kappa shape index (κ1) is 18.2. The van der Waals surface area contributed by atoms with Crippen LogP contribution in [0.1, 0.15) is 12.0 Å². The van der Waals surface area contributed by atoms with Crippen LogP contribution in [-0.4, -0.2) is 70.2 Å². The fourth-order valence-electron chi connectivity index (χ4n) is 2.66. The van der Waals surface area contributed by atoms with Crippen molar-refractivity contribution in [2.75, 3.05) is 50.3 Å². The highest BCUT2D eigenvalue weighted by molar-refractivity contribution is 7.92. The molecule has 0 atom stereocenters. The van der Waals surface area contributed by atoms with Gasteiger partial charge < -0.3 is 9.80 Å². The predicted molar refractivity (Wildman–Crippen MR) is 92.0 cm³/mol. The lowest BCUT2D eigenvalue weighted by Crippen LogP contribution is -2.48. The zero-order valence-corrected chi connectivity index (χ0v) is 14.8. The van der Waals surface area contributed by atoms with E-state index in [9.17, 15) is 18.5 Å². The number of carbonyl (C=O) groups is 1. The number of para-hydroxylation sites is 1. The molecule has 0 bridgehead atoms. The molecular weight excluding hydrogens is 328 g/mol. The second kappa shape index (κ2) is 7.64. The monoisotopic (exact) mass is 350 g/mol. The van der Waals surface area contributed by atoms with Gasteiger partial charge in [0.1, 0.15) is 6.07 Å². The van der Waals surface area contributed by atoms with E-state index < -0.39 is 10.0 Å². The minimum absolute atomic E-state index is 0.0305. The van der Waals surface area contributed by atoms with E-state index in [1.165, 1.54) is 0 Å². The maximum Gasteiger partial charge on any atom is 0.232 e. The van der Waals surface area contributed by atoms with E-state index in [0.29, 0.717) is 18.8 Å². The molecule has 24 heavy (non-hydrogen) atoms. The molecule has 1 aromatic carbocycles. The summed E-state index contributed by atoms with van der Waals surface area (Å²) in [6, 6.07) is 8.50. The van der Waals surface area contributed by atoms with Gasteiger partial charge in [-0.05, 0) is 19.2 Å². The number of piperazine rings is 1. The van der Waals surface area contributed by atoms with Crippen LogP contribution in [0.4, 0.5) is 5.69 Å². The van der Waals surface area contributed by atoms with Crippen molar-refractivity contribution in [3.8, 4) is 6.07 Å². The summed E-state index contributed by atoms with van der Waals surface area (Å²) in [7, 11) is -1.58. The maximum atomic E-state index is 12.3. The lowest BCUT2D eigenvalue weighted by Gasteiger charge is -2.33. The summed E-state index contributed by atoms with van der Waals surface area (Å²) in [6.45, 7) is 2.98. The zero-order valence-electron chi connectivity index (χ0n) is 14.0. The molecule has 0 saturated carbocycles. The highest BCUT2D eigenvalue weighted by Gasteiger charge is 2.24. The average Bonchev–Trinajstić information content (AvgIpc) is 2.54. The van der Waals surface area contributed by atoms with Crippen molar-refractivity contribution in [1.29, 1.82) is 5.26 Å². The maximum absolute atomic E-state index is 12.3. The molecule has 0 aliphatic carbocycles. The number of nitrogens with zero attached hydrogens (tertiary/aromatic N) is 4. The molecule has 1 aromatic rings. The van der Waals surface area contributed by atoms with Crippen LogP contribution in [0.15, 0.2) is 24.3 Å². The molecule has 1 aliphatic heterocycles. The quantitative estimate of drug-likeness (QED) is 0.771. The third kappa shape index (κ3) is 4.46. The van der Waals surface area contributed by atoms with Gasteiger partial charge in [0.05, 0.1) is 17.5 Å². The molecular formula is C16H22N4O3S. The van der Waals surface area contributed by atoms with Crippen molar-refractivity contribution < 1.29 is 13.2 Å². The molecule has 1 amide bonds. The summed E-state index contributed by atoms with van der Waals surface area (Å²) in [5.74, 6) is -0.0637. The van der Waals surface area contributed by atoms with E-state index >= 15 is 0 Å². The summed E-state index contributed by atoms with van der Waals surface area (Å²) in [5.41, 5.74) is 0.587. The Kier molecular flexibility index (Phi) is 5.80. The van der Waals surface area contributed by atoms with Gasteiger partial charge in [0.25, 0.3) is 0 Å². The van der Waals surface area contributed by atoms with Gasteiger partial charge in [0, 0.05) is 39.1 Å². The Bertz CT molecular complexity index is 734. The highest BCUT2D eigenvalue weighted by atomic mass is 32.2. The minimum atomic E-state index is -3.58. The number of amides is 1. The Hall–Kier alpha value is -2.11. The summed E-state index contributed by atoms with van der Waals surface area (Å²) in [4.78, 5) is 16.3. The van der Waals surface area contributed by atoms with Crippen molar-refractivity contribution >= 4 is 21.6 Å². The Balaban J connectivity index is 2.11. The SMILES string of the molecule is CN1CCN(C(=O)CCN(c2ccccc2C#N)S(C)(=O)=O)CC1. The first-order valence-corrected chi connectivity index (χ1v) is 9.61. The van der Waals surface area contributed by atoms with Crippen LogP contribution >= 0.6 is 0 Å². The number of anilines is 1. The normalized spacial score (nSPS) is 15.8. The molecule has 0 radical (unpaired) electrons. The smallest absolute Gasteiger partial charge is 0.232 e. The van der Waals surface area contributed by atoms with Crippen LogP contribution in [0.3, 0.4) is 0 Å². The summed E-state index contributed by atoms with van der Waals surface area (Å²) < 4.78 is 25.4. The van der Waals surface area contributed by atoms with Crippen LogP contribution in [-0.2, 0) is 14.8 Å². The van der Waals surface area contributed by atoms with Crippen molar-refractivity contribution in [1.82, 2.24) is 9.80 Å². The van der Waals surface area contributed by atoms with E-state index in [0.717, 1.165) is 23.7 Å². The number of nitriles is 1. The Morgan fingerprint density at radius 3 is 2.46 bits per heavy atom. The second-order valence-corrected chi connectivity index (χ2v) is 7.80. The van der Waals surface area contributed by atoms with Crippen molar-refractivity contribution in [2.24, 2.45) is 0 Å². The largest absolute Gasteiger partial charge is 0.340 e. The third-order valence-electron chi connectivity index (χ3n) is 4.08. The van der Waals surface area contributed by atoms with E-state index in [1.54, 1.807) is 29.2 Å². The Labute approximate surface area is 143 Å². The van der Waals surface area contributed by atoms with Crippen LogP contribution in [0.2, 0.25) is 0 Å². The van der Waals surface area contributed by atoms with E-state index in [4.69, 9.17) is 0 Å². The minimum Gasteiger partial charge on any atom is -0.340 e. The number of carbonyl (C=O) groups excluding carboxylic acids is 1. The number of hydrogen-bond acceptors (Lipinski definition) is 5. The van der Waals surface area contributed by atoms with Gasteiger partial charge in [-0.2, -0.15) is 5.26 Å². The Morgan fingerprint density at radius 2 is 1.88 bits per heavy atom. The third-order valence-corrected chi connectivity index (χ3v) is 5.26. The number of likely N-dealkylation sites (N-methyl/N-ethyl adjacent to an activating group) is 1. The molecule has 0 unspecified atom stereocenters. The molecule has 2 rings (SSSR count). The van der Waals surface area contributed by atoms with Crippen molar-refractivity contribution in [2.45, 2.75) is 6.42 Å². The highest BCUT2D eigenvalue weighted by Crippen LogP contribution is 2.22. The Morgan fingerprint density at radius 1 is 1.25 bits per heavy atom. The van der Waals surface area contributed by atoms with Crippen LogP contribution in [0.25, 0.3) is 0 Å². The van der Waals surface area contributed by atoms with E-state index in [1.807, 2.05) is 13.1 Å². The van der Waals surface area contributed by atoms with Gasteiger partial charge in [-0.3, -0.25) is 9.10 Å². The van der Waals surface area contributed by atoms with Crippen LogP contribution in [0.5, 0.6) is 0 Å². The lowest BCUT2D eigenvalue weighted by atomic mass is 10.2. The summed E-state index contributed by atoms with van der Waals surface area (Å²) in [6.07, 6.45) is 1.18. The van der Waals surface area contributed by atoms with E-state index in [2.05, 4.69) is 4.90 Å². The first-order valence-electron chi connectivity index (χ1n) is 7.76.